The molecule has 0 aromatic carbocycles. The lowest BCUT2D eigenvalue weighted by atomic mass is 10.2. The third-order valence-electron chi connectivity index (χ3n) is 2.99. The number of hydrogen-bond donors (Lipinski definition) is 2. The van der Waals surface area contributed by atoms with E-state index in [-0.39, 0.29) is 17.3 Å². The molecule has 0 aliphatic carbocycles. The number of aromatic nitrogens is 1. The van der Waals surface area contributed by atoms with Crippen LogP contribution in [0.5, 0.6) is 0 Å². The van der Waals surface area contributed by atoms with E-state index in [9.17, 15) is 18.0 Å². The molecule has 0 spiro atoms. The van der Waals surface area contributed by atoms with Gasteiger partial charge in [-0.1, -0.05) is 6.42 Å². The number of carboxylic acids is 1. The molecule has 1 fully saturated rings. The quantitative estimate of drug-likeness (QED) is 0.844. The van der Waals surface area contributed by atoms with Gasteiger partial charge < -0.3 is 10.4 Å². The molecule has 0 bridgehead atoms. The molecule has 1 saturated heterocycles. The Morgan fingerprint density at radius 2 is 2.20 bits per heavy atom. The van der Waals surface area contributed by atoms with Gasteiger partial charge in [0.2, 0.25) is 5.91 Å². The lowest BCUT2D eigenvalue weighted by Gasteiger charge is -2.20. The zero-order chi connectivity index (χ0) is 14.8. The van der Waals surface area contributed by atoms with E-state index in [2.05, 4.69) is 10.3 Å². The summed E-state index contributed by atoms with van der Waals surface area (Å²) in [5, 5.41) is 11.8. The van der Waals surface area contributed by atoms with Crippen molar-refractivity contribution < 1.29 is 23.1 Å². The van der Waals surface area contributed by atoms with Gasteiger partial charge in [-0.25, -0.2) is 13.4 Å². The smallest absolute Gasteiger partial charge is 0.309 e. The summed E-state index contributed by atoms with van der Waals surface area (Å²) in [7, 11) is -3.38. The predicted octanol–water partition coefficient (Wildman–Crippen LogP) is 0.676. The lowest BCUT2D eigenvalue weighted by molar-refractivity contribution is -0.136. The number of carbonyl (C=O) groups is 2. The van der Waals surface area contributed by atoms with Crippen molar-refractivity contribution in [2.45, 2.75) is 30.9 Å². The van der Waals surface area contributed by atoms with Crippen LogP contribution in [0.3, 0.4) is 0 Å². The van der Waals surface area contributed by atoms with Gasteiger partial charge in [0.25, 0.3) is 0 Å². The summed E-state index contributed by atoms with van der Waals surface area (Å²) in [5.74, 6) is -1.56. The van der Waals surface area contributed by atoms with Crippen LogP contribution in [-0.2, 0) is 25.8 Å². The number of rotatable bonds is 4. The second kappa shape index (κ2) is 5.88. The molecule has 1 aromatic rings. The van der Waals surface area contributed by atoms with Gasteiger partial charge in [0, 0.05) is 5.38 Å². The maximum absolute atomic E-state index is 12.0. The molecule has 1 atom stereocenters. The van der Waals surface area contributed by atoms with Crippen LogP contribution in [0.2, 0.25) is 0 Å². The zero-order valence-corrected chi connectivity index (χ0v) is 12.2. The van der Waals surface area contributed by atoms with Crippen molar-refractivity contribution in [1.82, 2.24) is 4.98 Å². The fourth-order valence-corrected chi connectivity index (χ4v) is 4.55. The number of nitrogens with zero attached hydrogens (tertiary/aromatic N) is 1. The average Bonchev–Trinajstić information content (AvgIpc) is 2.74. The number of nitrogens with one attached hydrogen (secondary N) is 1. The van der Waals surface area contributed by atoms with Crippen molar-refractivity contribution in [1.29, 1.82) is 0 Å². The minimum Gasteiger partial charge on any atom is -0.481 e. The van der Waals surface area contributed by atoms with E-state index < -0.39 is 27.0 Å². The highest BCUT2D eigenvalue weighted by atomic mass is 32.2. The highest BCUT2D eigenvalue weighted by molar-refractivity contribution is 7.92. The molecule has 1 aliphatic heterocycles. The maximum atomic E-state index is 12.0. The van der Waals surface area contributed by atoms with E-state index in [0.29, 0.717) is 25.0 Å². The molecule has 1 aromatic heterocycles. The van der Waals surface area contributed by atoms with E-state index in [0.717, 1.165) is 11.3 Å². The third-order valence-corrected chi connectivity index (χ3v) is 5.97. The van der Waals surface area contributed by atoms with Gasteiger partial charge in [0.15, 0.2) is 15.0 Å². The zero-order valence-electron chi connectivity index (χ0n) is 10.5. The summed E-state index contributed by atoms with van der Waals surface area (Å²) < 4.78 is 23.6. The van der Waals surface area contributed by atoms with E-state index in [1.807, 2.05) is 0 Å². The highest BCUT2D eigenvalue weighted by Gasteiger charge is 2.35. The lowest BCUT2D eigenvalue weighted by Crippen LogP contribution is -2.39. The summed E-state index contributed by atoms with van der Waals surface area (Å²) in [6.07, 6.45) is 1.39. The Morgan fingerprint density at radius 1 is 1.45 bits per heavy atom. The van der Waals surface area contributed by atoms with Crippen LogP contribution in [0.4, 0.5) is 5.13 Å². The van der Waals surface area contributed by atoms with Crippen LogP contribution < -0.4 is 5.32 Å². The number of aliphatic carboxylic acids is 1. The van der Waals surface area contributed by atoms with E-state index in [4.69, 9.17) is 5.11 Å². The molecule has 2 N–H and O–H groups in total. The van der Waals surface area contributed by atoms with Crippen molar-refractivity contribution in [3.63, 3.8) is 0 Å². The van der Waals surface area contributed by atoms with Crippen molar-refractivity contribution in [3.05, 3.63) is 11.1 Å². The molecular formula is C11H14N2O5S2. The number of thiazole rings is 1. The van der Waals surface area contributed by atoms with Gasteiger partial charge in [-0.15, -0.1) is 11.3 Å². The van der Waals surface area contributed by atoms with Gasteiger partial charge >= 0.3 is 5.97 Å². The molecular weight excluding hydrogens is 304 g/mol. The van der Waals surface area contributed by atoms with Crippen molar-refractivity contribution >= 4 is 38.2 Å². The van der Waals surface area contributed by atoms with Gasteiger partial charge in [-0.3, -0.25) is 9.59 Å². The molecule has 20 heavy (non-hydrogen) atoms. The first kappa shape index (κ1) is 14.9. The molecule has 0 saturated carbocycles. The van der Waals surface area contributed by atoms with Crippen molar-refractivity contribution in [3.8, 4) is 0 Å². The Morgan fingerprint density at radius 3 is 2.85 bits per heavy atom. The minimum absolute atomic E-state index is 0.0349. The molecule has 1 aliphatic rings. The molecule has 0 radical (unpaired) electrons. The Hall–Kier alpha value is -1.48. The van der Waals surface area contributed by atoms with E-state index in [1.54, 1.807) is 0 Å². The average molecular weight is 318 g/mol. The van der Waals surface area contributed by atoms with E-state index >= 15 is 0 Å². The fraction of sp³-hybridized carbons (Fsp3) is 0.545. The standard InChI is InChI=1S/C11H14N2O5S2/c14-9(15)5-7-6-19-11(12-7)13-10(16)8-3-1-2-4-20(8,17)18/h6,8H,1-5H2,(H,14,15)(H,12,13,16). The normalized spacial score (nSPS) is 21.3. The highest BCUT2D eigenvalue weighted by Crippen LogP contribution is 2.22. The molecule has 1 amide bonds. The molecule has 7 nitrogen and oxygen atoms in total. The SMILES string of the molecule is O=C(O)Cc1csc(NC(=O)C2CCCCS2(=O)=O)n1. The number of anilines is 1. The van der Waals surface area contributed by atoms with Gasteiger partial charge in [-0.05, 0) is 12.8 Å². The van der Waals surface area contributed by atoms with Crippen molar-refractivity contribution in [2.24, 2.45) is 0 Å². The fourth-order valence-electron chi connectivity index (χ4n) is 2.04. The molecule has 1 unspecified atom stereocenters. The maximum Gasteiger partial charge on any atom is 0.309 e. The van der Waals surface area contributed by atoms with E-state index in [1.165, 1.54) is 5.38 Å². The summed E-state index contributed by atoms with van der Waals surface area (Å²) >= 11 is 1.08. The Balaban J connectivity index is 2.04. The second-order valence-corrected chi connectivity index (χ2v) is 7.72. The number of carbonyl (C=O) groups excluding carboxylic acids is 1. The Labute approximate surface area is 119 Å². The second-order valence-electron chi connectivity index (χ2n) is 4.56. The van der Waals surface area contributed by atoms with Crippen LogP contribution in [0.1, 0.15) is 25.0 Å². The van der Waals surface area contributed by atoms with Crippen molar-refractivity contribution in [2.75, 3.05) is 11.1 Å². The monoisotopic (exact) mass is 318 g/mol. The van der Waals surface area contributed by atoms with Crippen LogP contribution >= 0.6 is 11.3 Å². The molecule has 110 valence electrons. The summed E-state index contributed by atoms with van der Waals surface area (Å²) in [6, 6.07) is 0. The topological polar surface area (TPSA) is 113 Å². The summed E-state index contributed by atoms with van der Waals surface area (Å²) in [5.41, 5.74) is 0.337. The Kier molecular flexibility index (Phi) is 4.39. The molecule has 9 heteroatoms. The van der Waals surface area contributed by atoms with Crippen LogP contribution in [0, 0.1) is 0 Å². The first-order chi connectivity index (χ1) is 9.38. The third kappa shape index (κ3) is 3.54. The number of carboxylic acid groups (broad SMARTS) is 1. The van der Waals surface area contributed by atoms with Crippen LogP contribution in [0.25, 0.3) is 0 Å². The molecule has 2 rings (SSSR count). The van der Waals surface area contributed by atoms with Gasteiger partial charge in [0.1, 0.15) is 5.25 Å². The summed E-state index contributed by atoms with van der Waals surface area (Å²) in [4.78, 5) is 26.4. The molecule has 2 heterocycles. The first-order valence-corrected chi connectivity index (χ1v) is 8.66. The number of sulfone groups is 1. The minimum atomic E-state index is -3.38. The number of hydrogen-bond acceptors (Lipinski definition) is 6. The van der Waals surface area contributed by atoms with Crippen LogP contribution in [-0.4, -0.2) is 41.4 Å². The first-order valence-electron chi connectivity index (χ1n) is 6.07. The Bertz CT molecular complexity index is 623. The van der Waals surface area contributed by atoms with Gasteiger partial charge in [0.05, 0.1) is 17.9 Å². The predicted molar refractivity (Wildman–Crippen MR) is 73.5 cm³/mol. The van der Waals surface area contributed by atoms with Gasteiger partial charge in [-0.2, -0.15) is 0 Å². The largest absolute Gasteiger partial charge is 0.481 e. The summed E-state index contributed by atoms with van der Waals surface area (Å²) in [6.45, 7) is 0. The number of amides is 1. The van der Waals surface area contributed by atoms with Crippen LogP contribution in [0.15, 0.2) is 5.38 Å².